The molecule has 0 spiro atoms. The zero-order valence-electron chi connectivity index (χ0n) is 7.97. The van der Waals surface area contributed by atoms with Crippen LogP contribution in [-0.4, -0.2) is 15.5 Å². The van der Waals surface area contributed by atoms with Crippen molar-refractivity contribution >= 4 is 21.6 Å². The summed E-state index contributed by atoms with van der Waals surface area (Å²) in [5.41, 5.74) is -1.18. The van der Waals surface area contributed by atoms with Gasteiger partial charge in [-0.25, -0.2) is 13.1 Å². The molecule has 0 aromatic heterocycles. The fourth-order valence-electron chi connectivity index (χ4n) is 1.05. The highest BCUT2D eigenvalue weighted by Crippen LogP contribution is 2.37. The molecule has 0 saturated carbocycles. The van der Waals surface area contributed by atoms with Crippen LogP contribution in [0.3, 0.4) is 0 Å². The van der Waals surface area contributed by atoms with Crippen LogP contribution >= 0.6 is 11.6 Å². The first kappa shape index (κ1) is 13.3. The molecule has 16 heavy (non-hydrogen) atoms. The Hall–Kier alpha value is -0.790. The number of hydrogen-bond acceptors (Lipinski definition) is 2. The fraction of sp³-hybridized carbons (Fsp3) is 0.250. The molecule has 0 radical (unpaired) electrons. The Labute approximate surface area is 95.3 Å². The highest BCUT2D eigenvalue weighted by Gasteiger charge is 2.35. The second-order valence-electron chi connectivity index (χ2n) is 2.82. The Kier molecular flexibility index (Phi) is 3.51. The molecule has 0 aliphatic heterocycles. The molecule has 3 nitrogen and oxygen atoms in total. The second kappa shape index (κ2) is 4.23. The minimum absolute atomic E-state index is 0.591. The van der Waals surface area contributed by atoms with Crippen LogP contribution in [-0.2, 0) is 16.2 Å². The van der Waals surface area contributed by atoms with Crippen LogP contribution in [0.2, 0.25) is 5.02 Å². The van der Waals surface area contributed by atoms with Crippen LogP contribution < -0.4 is 4.72 Å². The van der Waals surface area contributed by atoms with Gasteiger partial charge in [0.1, 0.15) is 4.90 Å². The van der Waals surface area contributed by atoms with Crippen molar-refractivity contribution in [2.45, 2.75) is 11.1 Å². The Morgan fingerprint density at radius 1 is 1.31 bits per heavy atom. The molecule has 0 bridgehead atoms. The van der Waals surface area contributed by atoms with Gasteiger partial charge in [0.15, 0.2) is 0 Å². The second-order valence-corrected chi connectivity index (χ2v) is 5.06. The number of halogens is 4. The molecule has 0 saturated heterocycles. The van der Waals surface area contributed by atoms with Crippen molar-refractivity contribution in [3.8, 4) is 0 Å². The molecule has 1 N–H and O–H groups in total. The van der Waals surface area contributed by atoms with E-state index >= 15 is 0 Å². The molecule has 0 heterocycles. The SMILES string of the molecule is CNS(=O)(=O)c1cccc(C(F)(F)F)c1Cl. The van der Waals surface area contributed by atoms with Crippen molar-refractivity contribution < 1.29 is 21.6 Å². The molecule has 0 aliphatic rings. The third-order valence-corrected chi connectivity index (χ3v) is 3.80. The topological polar surface area (TPSA) is 46.2 Å². The highest BCUT2D eigenvalue weighted by atomic mass is 35.5. The number of rotatable bonds is 2. The molecule has 90 valence electrons. The highest BCUT2D eigenvalue weighted by molar-refractivity contribution is 7.89. The molecule has 1 aromatic rings. The van der Waals surface area contributed by atoms with Gasteiger partial charge in [0.2, 0.25) is 10.0 Å². The summed E-state index contributed by atoms with van der Waals surface area (Å²) in [5, 5.41) is -0.829. The zero-order valence-corrected chi connectivity index (χ0v) is 9.54. The summed E-state index contributed by atoms with van der Waals surface area (Å²) in [4.78, 5) is -0.591. The molecular weight excluding hydrogens is 267 g/mol. The first-order chi connectivity index (χ1) is 7.20. The van der Waals surface area contributed by atoms with Gasteiger partial charge in [0.05, 0.1) is 10.6 Å². The van der Waals surface area contributed by atoms with Crippen molar-refractivity contribution in [2.75, 3.05) is 7.05 Å². The number of alkyl halides is 3. The summed E-state index contributed by atoms with van der Waals surface area (Å²) < 4.78 is 61.8. The monoisotopic (exact) mass is 273 g/mol. The predicted molar refractivity (Wildman–Crippen MR) is 52.7 cm³/mol. The van der Waals surface area contributed by atoms with Crippen LogP contribution in [0.4, 0.5) is 13.2 Å². The van der Waals surface area contributed by atoms with E-state index in [1.54, 1.807) is 0 Å². The minimum Gasteiger partial charge on any atom is -0.214 e. The lowest BCUT2D eigenvalue weighted by Crippen LogP contribution is -2.20. The molecule has 0 atom stereocenters. The predicted octanol–water partition coefficient (Wildman–Crippen LogP) is 2.27. The number of benzene rings is 1. The van der Waals surface area contributed by atoms with Crippen LogP contribution in [0.25, 0.3) is 0 Å². The normalized spacial score (nSPS) is 12.8. The maximum absolute atomic E-state index is 12.4. The van der Waals surface area contributed by atoms with Crippen molar-refractivity contribution in [3.05, 3.63) is 28.8 Å². The van der Waals surface area contributed by atoms with Gasteiger partial charge < -0.3 is 0 Å². The lowest BCUT2D eigenvalue weighted by molar-refractivity contribution is -0.137. The smallest absolute Gasteiger partial charge is 0.214 e. The average molecular weight is 274 g/mol. The van der Waals surface area contributed by atoms with Gasteiger partial charge in [-0.05, 0) is 19.2 Å². The summed E-state index contributed by atoms with van der Waals surface area (Å²) in [7, 11) is -2.90. The van der Waals surface area contributed by atoms with E-state index in [1.807, 2.05) is 4.72 Å². The van der Waals surface area contributed by atoms with E-state index in [9.17, 15) is 21.6 Å². The lowest BCUT2D eigenvalue weighted by Gasteiger charge is -2.11. The van der Waals surface area contributed by atoms with E-state index in [0.29, 0.717) is 0 Å². The molecule has 8 heteroatoms. The van der Waals surface area contributed by atoms with Crippen LogP contribution in [0, 0.1) is 0 Å². The van der Waals surface area contributed by atoms with Crippen molar-refractivity contribution in [2.24, 2.45) is 0 Å². The van der Waals surface area contributed by atoms with Gasteiger partial charge in [-0.1, -0.05) is 17.7 Å². The van der Waals surface area contributed by atoms with Gasteiger partial charge in [0.25, 0.3) is 0 Å². The van der Waals surface area contributed by atoms with Crippen molar-refractivity contribution in [1.82, 2.24) is 4.72 Å². The van der Waals surface area contributed by atoms with Crippen molar-refractivity contribution in [3.63, 3.8) is 0 Å². The molecule has 0 aliphatic carbocycles. The summed E-state index contributed by atoms with van der Waals surface area (Å²) in [5.74, 6) is 0. The van der Waals surface area contributed by atoms with Gasteiger partial charge in [-0.2, -0.15) is 13.2 Å². The standard InChI is InChI=1S/C8H7ClF3NO2S/c1-13-16(14,15)6-4-2-3-5(7(6)9)8(10,11)12/h2-4,13H,1H3. The Balaban J connectivity index is 3.48. The lowest BCUT2D eigenvalue weighted by atomic mass is 10.2. The van der Waals surface area contributed by atoms with E-state index in [4.69, 9.17) is 11.6 Å². The summed E-state index contributed by atoms with van der Waals surface area (Å²) in [6.45, 7) is 0. The summed E-state index contributed by atoms with van der Waals surface area (Å²) >= 11 is 5.42. The quantitative estimate of drug-likeness (QED) is 0.898. The van der Waals surface area contributed by atoms with Crippen LogP contribution in [0.1, 0.15) is 5.56 Å². The zero-order chi connectivity index (χ0) is 12.6. The Bertz CT molecular complexity index is 498. The fourth-order valence-corrected chi connectivity index (χ4v) is 2.41. The molecule has 0 amide bonds. The molecule has 1 aromatic carbocycles. The van der Waals surface area contributed by atoms with Gasteiger partial charge in [-0.15, -0.1) is 0 Å². The van der Waals surface area contributed by atoms with Gasteiger partial charge in [-0.3, -0.25) is 0 Å². The largest absolute Gasteiger partial charge is 0.417 e. The maximum atomic E-state index is 12.4. The third-order valence-electron chi connectivity index (χ3n) is 1.83. The molecular formula is C8H7ClF3NO2S. The number of hydrogen-bond donors (Lipinski definition) is 1. The third kappa shape index (κ3) is 2.47. The van der Waals surface area contributed by atoms with E-state index in [-0.39, 0.29) is 0 Å². The first-order valence-corrected chi connectivity index (χ1v) is 5.85. The average Bonchev–Trinajstić information content (AvgIpc) is 2.16. The summed E-state index contributed by atoms with van der Waals surface area (Å²) in [6, 6.07) is 2.71. The van der Waals surface area contributed by atoms with E-state index < -0.39 is 31.7 Å². The van der Waals surface area contributed by atoms with Gasteiger partial charge >= 0.3 is 6.18 Å². The van der Waals surface area contributed by atoms with Crippen LogP contribution in [0.5, 0.6) is 0 Å². The van der Waals surface area contributed by atoms with E-state index in [0.717, 1.165) is 25.2 Å². The molecule has 0 unspecified atom stereocenters. The van der Waals surface area contributed by atoms with Gasteiger partial charge in [0, 0.05) is 0 Å². The maximum Gasteiger partial charge on any atom is 0.417 e. The molecule has 0 fully saturated rings. The Morgan fingerprint density at radius 3 is 2.31 bits per heavy atom. The van der Waals surface area contributed by atoms with Crippen molar-refractivity contribution in [1.29, 1.82) is 0 Å². The van der Waals surface area contributed by atoms with E-state index in [1.165, 1.54) is 0 Å². The number of sulfonamides is 1. The van der Waals surface area contributed by atoms with Crippen LogP contribution in [0.15, 0.2) is 23.1 Å². The van der Waals surface area contributed by atoms with E-state index in [2.05, 4.69) is 0 Å². The number of nitrogens with one attached hydrogen (secondary N) is 1. The first-order valence-electron chi connectivity index (χ1n) is 3.99. The molecule has 1 rings (SSSR count). The minimum atomic E-state index is -4.68. The summed E-state index contributed by atoms with van der Waals surface area (Å²) in [6.07, 6.45) is -4.68. The Morgan fingerprint density at radius 2 is 1.88 bits per heavy atom.